The zero-order valence-corrected chi connectivity index (χ0v) is 14.4. The highest BCUT2D eigenvalue weighted by Crippen LogP contribution is 2.28. The van der Waals surface area contributed by atoms with Gasteiger partial charge in [0.25, 0.3) is 5.56 Å². The highest BCUT2D eigenvalue weighted by atomic mass is 32.1. The molecule has 0 bridgehead atoms. The maximum atomic E-state index is 12.4. The van der Waals surface area contributed by atoms with E-state index in [1.165, 1.54) is 12.1 Å². The van der Waals surface area contributed by atoms with Crippen LogP contribution < -0.4 is 10.5 Å². The summed E-state index contributed by atoms with van der Waals surface area (Å²) in [6.07, 6.45) is 0.300. The van der Waals surface area contributed by atoms with Gasteiger partial charge in [-0.2, -0.15) is 0 Å². The van der Waals surface area contributed by atoms with Crippen LogP contribution in [0.1, 0.15) is 33.5 Å². The molecular formula is C17H15FN2O4S. The van der Waals surface area contributed by atoms with Crippen LogP contribution in [-0.2, 0) is 11.2 Å². The molecule has 0 amide bonds. The molecule has 8 heteroatoms. The minimum absolute atomic E-state index is 0.0810. The quantitative estimate of drug-likeness (QED) is 0.704. The monoisotopic (exact) mass is 362 g/mol. The Balaban J connectivity index is 2.01. The second-order valence-corrected chi connectivity index (χ2v) is 6.37. The fourth-order valence-electron chi connectivity index (χ4n) is 2.56. The largest absolute Gasteiger partial charge is 0.462 e. The van der Waals surface area contributed by atoms with E-state index < -0.39 is 5.97 Å². The van der Waals surface area contributed by atoms with Gasteiger partial charge < -0.3 is 9.72 Å². The third kappa shape index (κ3) is 3.39. The van der Waals surface area contributed by atoms with Crippen molar-refractivity contribution < 1.29 is 19.0 Å². The van der Waals surface area contributed by atoms with E-state index in [2.05, 4.69) is 14.9 Å². The standard InChI is InChI=1S/C17H15FN2O4S/c1-3-23-17(22)14-9(2)13-15(21)19-12(20-16(13)25-14)8-10-5-4-6-11(7-10)24-18/h4-7H,3,8H2,1-2H3,(H,19,20,21). The number of carbonyl (C=O) groups is 1. The number of thiophene rings is 1. The van der Waals surface area contributed by atoms with Crippen molar-refractivity contribution in [3.63, 3.8) is 0 Å². The van der Waals surface area contributed by atoms with E-state index in [4.69, 9.17) is 4.74 Å². The molecule has 0 spiro atoms. The number of benzene rings is 1. The van der Waals surface area contributed by atoms with Crippen LogP contribution in [0.25, 0.3) is 10.2 Å². The van der Waals surface area contributed by atoms with Gasteiger partial charge in [-0.25, -0.2) is 9.78 Å². The lowest BCUT2D eigenvalue weighted by atomic mass is 10.1. The smallest absolute Gasteiger partial charge is 0.348 e. The summed E-state index contributed by atoms with van der Waals surface area (Å²) in [5, 5.41) is 0.387. The van der Waals surface area contributed by atoms with E-state index in [1.807, 2.05) is 0 Å². The average molecular weight is 362 g/mol. The van der Waals surface area contributed by atoms with Crippen molar-refractivity contribution in [2.24, 2.45) is 0 Å². The van der Waals surface area contributed by atoms with E-state index in [0.29, 0.717) is 32.9 Å². The predicted octanol–water partition coefficient (Wildman–Crippen LogP) is 3.32. The molecule has 0 atom stereocenters. The van der Waals surface area contributed by atoms with Gasteiger partial charge in [0.15, 0.2) is 5.75 Å². The number of aryl methyl sites for hydroxylation is 1. The van der Waals surface area contributed by atoms with Gasteiger partial charge in [-0.05, 0) is 37.1 Å². The molecule has 25 heavy (non-hydrogen) atoms. The molecule has 3 rings (SSSR count). The van der Waals surface area contributed by atoms with Crippen molar-refractivity contribution in [1.29, 1.82) is 0 Å². The number of esters is 1. The summed E-state index contributed by atoms with van der Waals surface area (Å²) in [4.78, 5) is 36.1. The molecule has 1 N–H and O–H groups in total. The Labute approximate surface area is 146 Å². The van der Waals surface area contributed by atoms with Crippen LogP contribution in [-0.4, -0.2) is 22.5 Å². The molecule has 0 radical (unpaired) electrons. The first-order chi connectivity index (χ1) is 12.0. The van der Waals surface area contributed by atoms with Crippen LogP contribution in [0.4, 0.5) is 4.53 Å². The van der Waals surface area contributed by atoms with Crippen LogP contribution in [0.2, 0.25) is 0 Å². The van der Waals surface area contributed by atoms with E-state index in [9.17, 15) is 14.1 Å². The molecule has 0 saturated heterocycles. The summed E-state index contributed by atoms with van der Waals surface area (Å²) < 4.78 is 17.3. The van der Waals surface area contributed by atoms with Crippen LogP contribution in [0, 0.1) is 6.92 Å². The molecule has 2 heterocycles. The second-order valence-electron chi connectivity index (χ2n) is 5.37. The third-order valence-corrected chi connectivity index (χ3v) is 4.84. The number of aromatic amines is 1. The number of H-pyrrole nitrogens is 1. The molecule has 3 aromatic rings. The van der Waals surface area contributed by atoms with Crippen LogP contribution in [0.3, 0.4) is 0 Å². The highest BCUT2D eigenvalue weighted by Gasteiger charge is 2.20. The van der Waals surface area contributed by atoms with Gasteiger partial charge in [0, 0.05) is 10.9 Å². The van der Waals surface area contributed by atoms with Crippen LogP contribution in [0.5, 0.6) is 5.75 Å². The van der Waals surface area contributed by atoms with Crippen molar-refractivity contribution in [3.8, 4) is 5.75 Å². The van der Waals surface area contributed by atoms with Crippen molar-refractivity contribution in [3.05, 3.63) is 56.4 Å². The molecule has 2 aromatic heterocycles. The summed E-state index contributed by atoms with van der Waals surface area (Å²) in [5.41, 5.74) is 0.977. The first-order valence-electron chi connectivity index (χ1n) is 7.60. The topological polar surface area (TPSA) is 81.3 Å². The summed E-state index contributed by atoms with van der Waals surface area (Å²) >= 11 is 1.13. The zero-order chi connectivity index (χ0) is 18.0. The average Bonchev–Trinajstić information content (AvgIpc) is 2.92. The second kappa shape index (κ2) is 7.02. The molecule has 0 aliphatic carbocycles. The Kier molecular flexibility index (Phi) is 4.80. The van der Waals surface area contributed by atoms with Crippen LogP contribution >= 0.6 is 11.3 Å². The third-order valence-electron chi connectivity index (χ3n) is 3.67. The number of nitrogens with zero attached hydrogens (tertiary/aromatic N) is 1. The van der Waals surface area contributed by atoms with Gasteiger partial charge >= 0.3 is 5.97 Å². The van der Waals surface area contributed by atoms with Gasteiger partial charge in [0.1, 0.15) is 15.5 Å². The van der Waals surface area contributed by atoms with Crippen molar-refractivity contribution in [1.82, 2.24) is 9.97 Å². The number of nitrogens with one attached hydrogen (secondary N) is 1. The Bertz CT molecular complexity index is 996. The number of aromatic nitrogens is 2. The van der Waals surface area contributed by atoms with Gasteiger partial charge in [0.05, 0.1) is 12.0 Å². The number of hydrogen-bond acceptors (Lipinski definition) is 6. The summed E-state index contributed by atoms with van der Waals surface area (Å²) in [6.45, 7) is 3.68. The van der Waals surface area contributed by atoms with Crippen molar-refractivity contribution >= 4 is 27.5 Å². The lowest BCUT2D eigenvalue weighted by Gasteiger charge is -2.03. The van der Waals surface area contributed by atoms with Gasteiger partial charge in [-0.1, -0.05) is 12.1 Å². The van der Waals surface area contributed by atoms with Crippen molar-refractivity contribution in [2.45, 2.75) is 20.3 Å². The normalized spacial score (nSPS) is 10.8. The molecule has 0 unspecified atom stereocenters. The van der Waals surface area contributed by atoms with Crippen LogP contribution in [0.15, 0.2) is 29.1 Å². The fourth-order valence-corrected chi connectivity index (χ4v) is 3.65. The van der Waals surface area contributed by atoms with E-state index in [0.717, 1.165) is 16.9 Å². The molecule has 0 fully saturated rings. The predicted molar refractivity (Wildman–Crippen MR) is 91.9 cm³/mol. The Hall–Kier alpha value is -2.74. The lowest BCUT2D eigenvalue weighted by molar-refractivity contribution is -0.00628. The summed E-state index contributed by atoms with van der Waals surface area (Å²) in [7, 11) is 0. The number of carbonyl (C=O) groups excluding carboxylic acids is 1. The molecule has 130 valence electrons. The summed E-state index contributed by atoms with van der Waals surface area (Å²) in [6, 6.07) is 6.43. The van der Waals surface area contributed by atoms with E-state index >= 15 is 0 Å². The molecule has 0 aliphatic heterocycles. The minimum Gasteiger partial charge on any atom is -0.462 e. The first-order valence-corrected chi connectivity index (χ1v) is 8.42. The number of hydrogen-bond donors (Lipinski definition) is 1. The van der Waals surface area contributed by atoms with Crippen molar-refractivity contribution in [2.75, 3.05) is 6.61 Å². The maximum Gasteiger partial charge on any atom is 0.348 e. The van der Waals surface area contributed by atoms with Gasteiger partial charge in [-0.15, -0.1) is 11.3 Å². The Morgan fingerprint density at radius 1 is 1.40 bits per heavy atom. The highest BCUT2D eigenvalue weighted by molar-refractivity contribution is 7.20. The summed E-state index contributed by atoms with van der Waals surface area (Å²) in [5.74, 6) is 0.0411. The Morgan fingerprint density at radius 2 is 2.20 bits per heavy atom. The maximum absolute atomic E-state index is 12.4. The minimum atomic E-state index is -0.461. The van der Waals surface area contributed by atoms with Gasteiger partial charge in [0.2, 0.25) is 0 Å². The number of halogens is 1. The number of fused-ring (bicyclic) bond motifs is 1. The molecule has 1 aromatic carbocycles. The lowest BCUT2D eigenvalue weighted by Crippen LogP contribution is -2.12. The zero-order valence-electron chi connectivity index (χ0n) is 13.6. The fraction of sp³-hybridized carbons (Fsp3) is 0.235. The SMILES string of the molecule is CCOC(=O)c1sc2nc(Cc3cccc(OF)c3)[nH]c(=O)c2c1C. The molecular weight excluding hydrogens is 347 g/mol. The molecule has 0 aliphatic rings. The number of ether oxygens (including phenoxy) is 1. The van der Waals surface area contributed by atoms with Gasteiger partial charge in [-0.3, -0.25) is 9.74 Å². The molecule has 0 saturated carbocycles. The van der Waals surface area contributed by atoms with E-state index in [-0.39, 0.29) is 17.9 Å². The first kappa shape index (κ1) is 17.1. The molecule has 6 nitrogen and oxygen atoms in total. The number of rotatable bonds is 5. The van der Waals surface area contributed by atoms with E-state index in [1.54, 1.807) is 26.0 Å². The Morgan fingerprint density at radius 3 is 2.92 bits per heavy atom.